The van der Waals surface area contributed by atoms with Crippen molar-refractivity contribution in [2.45, 2.75) is 117 Å². The molecule has 3 aromatic carbocycles. The van der Waals surface area contributed by atoms with E-state index < -0.39 is 24.2 Å². The van der Waals surface area contributed by atoms with Gasteiger partial charge in [0.2, 0.25) is 17.7 Å². The summed E-state index contributed by atoms with van der Waals surface area (Å²) in [5, 5.41) is 32.4. The van der Waals surface area contributed by atoms with Crippen LogP contribution in [-0.2, 0) is 14.4 Å². The molecule has 3 amide bonds. The Balaban J connectivity index is 0.762. The lowest BCUT2D eigenvalue weighted by Crippen LogP contribution is -2.49. The molecule has 2 fully saturated rings. The Bertz CT molecular complexity index is 3190. The number of hydrogen-bond donors (Lipinski definition) is 3. The monoisotopic (exact) mass is 1010 g/mol. The number of aliphatic imine (C=N–C) groups is 1. The van der Waals surface area contributed by atoms with Gasteiger partial charge in [-0.3, -0.25) is 28.6 Å². The van der Waals surface area contributed by atoms with Gasteiger partial charge < -0.3 is 29.9 Å². The highest BCUT2D eigenvalue weighted by Gasteiger charge is 2.43. The number of halogens is 1. The maximum atomic E-state index is 14.4. The quantitative estimate of drug-likeness (QED) is 0.0964. The number of likely N-dealkylation sites (tertiary alicyclic amines) is 1. The molecule has 0 unspecified atom stereocenters. The Kier molecular flexibility index (Phi) is 13.5. The number of β-amino-alcohol motifs (C(OH)–C–C–N with tert-alkyl or cyclic N) is 1. The minimum atomic E-state index is -0.840. The fourth-order valence-electron chi connectivity index (χ4n) is 10.1. The van der Waals surface area contributed by atoms with Gasteiger partial charge in [0.15, 0.2) is 5.82 Å². The third-order valence-corrected chi connectivity index (χ3v) is 15.6. The fraction of sp³-hybridized carbons (Fsp3) is 0.370. The molecule has 10 rings (SSSR count). The van der Waals surface area contributed by atoms with Gasteiger partial charge in [0.1, 0.15) is 46.6 Å². The number of aliphatic hydroxyl groups excluding tert-OH is 1. The number of carbonyl (C=O) groups excluding carboxylic acids is 3. The molecule has 3 N–H and O–H groups in total. The molecule has 6 heterocycles. The maximum absolute atomic E-state index is 14.4. The Morgan fingerprint density at radius 2 is 1.68 bits per heavy atom. The van der Waals surface area contributed by atoms with E-state index in [-0.39, 0.29) is 61.2 Å². The first-order valence-corrected chi connectivity index (χ1v) is 25.7. The maximum Gasteiger partial charge on any atom is 0.248 e. The molecule has 4 aromatic heterocycles. The van der Waals surface area contributed by atoms with Crippen LogP contribution in [0.2, 0.25) is 5.02 Å². The van der Waals surface area contributed by atoms with E-state index >= 15 is 0 Å². The van der Waals surface area contributed by atoms with Crippen LogP contribution in [-0.4, -0.2) is 98.4 Å². The van der Waals surface area contributed by atoms with Gasteiger partial charge in [0.25, 0.3) is 0 Å². The molecule has 0 bridgehead atoms. The van der Waals surface area contributed by atoms with Gasteiger partial charge in [-0.2, -0.15) is 5.10 Å². The number of aromatic nitrogens is 7. The summed E-state index contributed by atoms with van der Waals surface area (Å²) in [5.74, 6) is 2.02. The van der Waals surface area contributed by atoms with Gasteiger partial charge in [-0.25, -0.2) is 4.98 Å². The standard InChI is InChI=1S/C54H58ClN11O5S/c1-29(2)50(53(70)64-28-42(67)24-46(64)52(69)58-31(4)35-13-17-41(18-14-35)63-20-19-56-33(63)6)65-27-38(26-57-65)37-9-8-10-43(21-37)71-44-22-40(23-44)59-47(68)25-45-51-62-61-34(7)66(51)54-48(30(3)32(5)72-54)49(60-45)36-11-15-39(55)16-12-36/h8-21,26-27,29,31,40,42,44-46,50,67H,22-25,28H2,1-7H3,(H,58,69)(H,59,68)/t31-,40?,42+,44?,45-,46-,50+/m0/s1. The van der Waals surface area contributed by atoms with Gasteiger partial charge in [-0.15, -0.1) is 21.5 Å². The smallest absolute Gasteiger partial charge is 0.248 e. The number of carbonyl (C=O) groups is 3. The number of rotatable bonds is 14. The van der Waals surface area contributed by atoms with E-state index in [2.05, 4.69) is 44.8 Å². The van der Waals surface area contributed by atoms with Crippen LogP contribution in [0, 0.1) is 33.6 Å². The van der Waals surface area contributed by atoms with Gasteiger partial charge in [0.05, 0.1) is 30.5 Å². The third-order valence-electron chi connectivity index (χ3n) is 14.2. The van der Waals surface area contributed by atoms with Gasteiger partial charge in [-0.05, 0) is 93.6 Å². The topological polar surface area (TPSA) is 187 Å². The van der Waals surface area contributed by atoms with Gasteiger partial charge >= 0.3 is 0 Å². The summed E-state index contributed by atoms with van der Waals surface area (Å²) in [6.45, 7) is 13.9. The molecule has 372 valence electrons. The highest BCUT2D eigenvalue weighted by molar-refractivity contribution is 7.15. The van der Waals surface area contributed by atoms with Crippen LogP contribution in [0.1, 0.15) is 109 Å². The molecule has 72 heavy (non-hydrogen) atoms. The van der Waals surface area contributed by atoms with E-state index in [0.717, 1.165) is 61.4 Å². The molecule has 0 radical (unpaired) electrons. The molecule has 3 aliphatic rings. The number of ether oxygens (including phenoxy) is 1. The Labute approximate surface area is 427 Å². The second-order valence-corrected chi connectivity index (χ2v) is 21.2. The second-order valence-electron chi connectivity index (χ2n) is 19.6. The molecule has 1 saturated heterocycles. The molecule has 2 aliphatic heterocycles. The van der Waals surface area contributed by atoms with Crippen molar-refractivity contribution in [1.29, 1.82) is 0 Å². The minimum absolute atomic E-state index is 0.0490. The molecule has 16 nitrogen and oxygen atoms in total. The average Bonchev–Trinajstić information content (AvgIpc) is 4.19. The van der Waals surface area contributed by atoms with Crippen LogP contribution >= 0.6 is 22.9 Å². The van der Waals surface area contributed by atoms with Crippen molar-refractivity contribution in [3.05, 3.63) is 147 Å². The summed E-state index contributed by atoms with van der Waals surface area (Å²) in [5.41, 5.74) is 7.39. The fourth-order valence-corrected chi connectivity index (χ4v) is 11.4. The zero-order chi connectivity index (χ0) is 50.5. The van der Waals surface area contributed by atoms with E-state index in [1.54, 1.807) is 28.4 Å². The number of aliphatic hydroxyl groups is 1. The number of aryl methyl sites for hydroxylation is 3. The summed E-state index contributed by atoms with van der Waals surface area (Å²) >= 11 is 7.96. The Morgan fingerprint density at radius 3 is 2.40 bits per heavy atom. The summed E-state index contributed by atoms with van der Waals surface area (Å²) < 4.78 is 12.1. The summed E-state index contributed by atoms with van der Waals surface area (Å²) in [6, 6.07) is 20.8. The second kappa shape index (κ2) is 19.9. The Hall–Kier alpha value is -6.95. The third kappa shape index (κ3) is 9.60. The van der Waals surface area contributed by atoms with E-state index in [1.165, 1.54) is 9.78 Å². The zero-order valence-electron chi connectivity index (χ0n) is 41.3. The highest BCUT2D eigenvalue weighted by Crippen LogP contribution is 2.40. The van der Waals surface area contributed by atoms with Crippen LogP contribution in [0.25, 0.3) is 21.8 Å². The normalized spacial score (nSPS) is 20.2. The number of nitrogens with zero attached hydrogens (tertiary/aromatic N) is 9. The lowest BCUT2D eigenvalue weighted by Gasteiger charge is -2.36. The van der Waals surface area contributed by atoms with E-state index in [4.69, 9.17) is 21.3 Å². The van der Waals surface area contributed by atoms with Crippen LogP contribution in [0.5, 0.6) is 5.75 Å². The van der Waals surface area contributed by atoms with Gasteiger partial charge in [0, 0.05) is 82.7 Å². The number of nitrogens with one attached hydrogen (secondary N) is 2. The zero-order valence-corrected chi connectivity index (χ0v) is 42.9. The lowest BCUT2D eigenvalue weighted by atomic mass is 9.89. The average molecular weight is 1010 g/mol. The van der Waals surface area contributed by atoms with Crippen molar-refractivity contribution in [2.24, 2.45) is 10.9 Å². The first kappa shape index (κ1) is 48.7. The number of amides is 3. The molecular formula is C54H58ClN11O5S. The molecule has 1 aliphatic carbocycles. The summed E-state index contributed by atoms with van der Waals surface area (Å²) in [7, 11) is 0. The SMILES string of the molecule is Cc1sc2c(c1C)C(c1ccc(Cl)cc1)=N[C@@H](CC(=O)NC1CC(Oc3cccc(-c4cnn([C@@H](C(=O)N5C[C@H](O)C[C@H]5C(=O)N[C@@H](C)c5ccc(-n6ccnc6C)cc5)C(C)C)c4)c3)C1)c1nnc(C)n1-2. The van der Waals surface area contributed by atoms with E-state index in [9.17, 15) is 19.5 Å². The predicted octanol–water partition coefficient (Wildman–Crippen LogP) is 8.31. The number of imidazole rings is 1. The van der Waals surface area contributed by atoms with Crippen LogP contribution in [0.3, 0.4) is 0 Å². The van der Waals surface area contributed by atoms with Crippen LogP contribution in [0.4, 0.5) is 0 Å². The van der Waals surface area contributed by atoms with E-state index in [1.807, 2.05) is 129 Å². The van der Waals surface area contributed by atoms with Crippen molar-refractivity contribution in [3.8, 4) is 27.6 Å². The van der Waals surface area contributed by atoms with Crippen molar-refractivity contribution >= 4 is 46.4 Å². The molecule has 7 aromatic rings. The number of benzene rings is 3. The van der Waals surface area contributed by atoms with Crippen molar-refractivity contribution < 1.29 is 24.2 Å². The van der Waals surface area contributed by atoms with Gasteiger partial charge in [-0.1, -0.05) is 61.8 Å². The molecule has 5 atom stereocenters. The molecule has 0 spiro atoms. The van der Waals surface area contributed by atoms with Crippen molar-refractivity contribution in [1.82, 2.24) is 49.6 Å². The molecule has 18 heteroatoms. The number of thiophene rings is 1. The largest absolute Gasteiger partial charge is 0.490 e. The minimum Gasteiger partial charge on any atom is -0.490 e. The summed E-state index contributed by atoms with van der Waals surface area (Å²) in [4.78, 5) is 54.3. The van der Waals surface area contributed by atoms with Crippen molar-refractivity contribution in [3.63, 3.8) is 0 Å². The lowest BCUT2D eigenvalue weighted by molar-refractivity contribution is -0.142. The molecule has 1 saturated carbocycles. The molecular weight excluding hydrogens is 950 g/mol. The predicted molar refractivity (Wildman–Crippen MR) is 276 cm³/mol. The van der Waals surface area contributed by atoms with Crippen LogP contribution < -0.4 is 15.4 Å². The van der Waals surface area contributed by atoms with E-state index in [0.29, 0.717) is 29.4 Å². The first-order valence-electron chi connectivity index (χ1n) is 24.5. The first-order chi connectivity index (χ1) is 34.6. The van der Waals surface area contributed by atoms with Crippen molar-refractivity contribution in [2.75, 3.05) is 6.54 Å². The Morgan fingerprint density at radius 1 is 0.917 bits per heavy atom. The number of fused-ring (bicyclic) bond motifs is 3. The van der Waals surface area contributed by atoms with Crippen LogP contribution in [0.15, 0.2) is 103 Å². The number of hydrogen-bond acceptors (Lipinski definition) is 11. The highest BCUT2D eigenvalue weighted by atomic mass is 35.5. The summed E-state index contributed by atoms with van der Waals surface area (Å²) in [6.07, 6.45) is 7.81.